The lowest BCUT2D eigenvalue weighted by Crippen LogP contribution is -2.12. The fraction of sp³-hybridized carbons (Fsp3) is 0.214. The molecule has 0 unspecified atom stereocenters. The zero-order valence-electron chi connectivity index (χ0n) is 11.1. The summed E-state index contributed by atoms with van der Waals surface area (Å²) in [6.45, 7) is 2.08. The molecule has 0 aliphatic rings. The Morgan fingerprint density at radius 3 is 2.50 bits per heavy atom. The first-order chi connectivity index (χ1) is 9.69. The van der Waals surface area contributed by atoms with Crippen molar-refractivity contribution in [2.45, 2.75) is 19.9 Å². The summed E-state index contributed by atoms with van der Waals surface area (Å²) >= 11 is 0. The second-order valence-corrected chi connectivity index (χ2v) is 4.15. The van der Waals surface area contributed by atoms with Crippen LogP contribution in [0.1, 0.15) is 18.9 Å². The molecule has 1 aromatic heterocycles. The van der Waals surface area contributed by atoms with Gasteiger partial charge in [-0.15, -0.1) is 10.2 Å². The van der Waals surface area contributed by atoms with E-state index in [-0.39, 0.29) is 11.7 Å². The van der Waals surface area contributed by atoms with Crippen LogP contribution in [0, 0.1) is 5.82 Å². The molecule has 2 rings (SSSR count). The lowest BCUT2D eigenvalue weighted by Gasteiger charge is -2.07. The first-order valence-corrected chi connectivity index (χ1v) is 6.30. The topological polar surface area (TPSA) is 66.9 Å². The molecule has 0 fully saturated rings. The SMILES string of the molecule is CCC(=O)Nc1ccc(NCc2ccccc2F)nn1. The van der Waals surface area contributed by atoms with E-state index in [1.165, 1.54) is 6.07 Å². The molecule has 104 valence electrons. The molecule has 0 spiro atoms. The molecule has 0 radical (unpaired) electrons. The summed E-state index contributed by atoms with van der Waals surface area (Å²) < 4.78 is 13.4. The standard InChI is InChI=1S/C14H15FN4O/c1-2-14(20)17-13-8-7-12(18-19-13)16-9-10-5-3-4-6-11(10)15/h3-8H,2,9H2,1H3,(H,16,18)(H,17,19,20). The number of hydrogen-bond donors (Lipinski definition) is 2. The summed E-state index contributed by atoms with van der Waals surface area (Å²) in [6, 6.07) is 9.85. The molecule has 0 aliphatic heterocycles. The summed E-state index contributed by atoms with van der Waals surface area (Å²) in [5.41, 5.74) is 0.553. The third-order valence-electron chi connectivity index (χ3n) is 2.67. The van der Waals surface area contributed by atoms with E-state index in [1.807, 2.05) is 0 Å². The number of halogens is 1. The van der Waals surface area contributed by atoms with Gasteiger partial charge in [0.2, 0.25) is 5.91 Å². The van der Waals surface area contributed by atoms with E-state index in [9.17, 15) is 9.18 Å². The van der Waals surface area contributed by atoms with E-state index in [0.29, 0.717) is 30.2 Å². The molecule has 0 saturated heterocycles. The number of benzene rings is 1. The average Bonchev–Trinajstić information content (AvgIpc) is 2.48. The number of nitrogens with zero attached hydrogens (tertiary/aromatic N) is 2. The summed E-state index contributed by atoms with van der Waals surface area (Å²) in [6.07, 6.45) is 0.384. The molecule has 20 heavy (non-hydrogen) atoms. The van der Waals surface area contributed by atoms with E-state index in [1.54, 1.807) is 37.3 Å². The highest BCUT2D eigenvalue weighted by Crippen LogP contribution is 2.10. The fourth-order valence-electron chi connectivity index (χ4n) is 1.55. The van der Waals surface area contributed by atoms with E-state index in [0.717, 1.165) is 0 Å². The smallest absolute Gasteiger partial charge is 0.225 e. The van der Waals surface area contributed by atoms with Crippen molar-refractivity contribution in [1.29, 1.82) is 0 Å². The highest BCUT2D eigenvalue weighted by molar-refractivity contribution is 5.89. The van der Waals surface area contributed by atoms with Crippen LogP contribution < -0.4 is 10.6 Å². The third kappa shape index (κ3) is 3.74. The van der Waals surface area contributed by atoms with Gasteiger partial charge in [-0.1, -0.05) is 25.1 Å². The lowest BCUT2D eigenvalue weighted by atomic mass is 10.2. The van der Waals surface area contributed by atoms with Gasteiger partial charge in [0, 0.05) is 18.5 Å². The van der Waals surface area contributed by atoms with Crippen LogP contribution >= 0.6 is 0 Å². The minimum absolute atomic E-state index is 0.119. The van der Waals surface area contributed by atoms with Crippen LogP contribution in [-0.4, -0.2) is 16.1 Å². The average molecular weight is 274 g/mol. The van der Waals surface area contributed by atoms with Crippen LogP contribution in [0.3, 0.4) is 0 Å². The van der Waals surface area contributed by atoms with Gasteiger partial charge in [0.25, 0.3) is 0 Å². The molecule has 2 N–H and O–H groups in total. The number of nitrogens with one attached hydrogen (secondary N) is 2. The van der Waals surface area contributed by atoms with Gasteiger partial charge >= 0.3 is 0 Å². The Kier molecular flexibility index (Phi) is 4.60. The maximum Gasteiger partial charge on any atom is 0.225 e. The van der Waals surface area contributed by atoms with Crippen LogP contribution in [0.4, 0.5) is 16.0 Å². The number of carbonyl (C=O) groups excluding carboxylic acids is 1. The van der Waals surface area contributed by atoms with Gasteiger partial charge in [-0.3, -0.25) is 4.79 Å². The lowest BCUT2D eigenvalue weighted by molar-refractivity contribution is -0.115. The molecule has 1 amide bonds. The van der Waals surface area contributed by atoms with Crippen LogP contribution in [0.15, 0.2) is 36.4 Å². The normalized spacial score (nSPS) is 10.1. The Morgan fingerprint density at radius 2 is 1.85 bits per heavy atom. The maximum absolute atomic E-state index is 13.4. The van der Waals surface area contributed by atoms with Gasteiger partial charge in [-0.2, -0.15) is 0 Å². The van der Waals surface area contributed by atoms with Crippen molar-refractivity contribution in [3.05, 3.63) is 47.8 Å². The quantitative estimate of drug-likeness (QED) is 0.879. The van der Waals surface area contributed by atoms with E-state index in [2.05, 4.69) is 20.8 Å². The Labute approximate surface area is 116 Å². The first-order valence-electron chi connectivity index (χ1n) is 6.30. The molecule has 5 nitrogen and oxygen atoms in total. The second kappa shape index (κ2) is 6.60. The van der Waals surface area contributed by atoms with Crippen LogP contribution in [0.25, 0.3) is 0 Å². The van der Waals surface area contributed by atoms with Crippen LogP contribution in [0.2, 0.25) is 0 Å². The fourth-order valence-corrected chi connectivity index (χ4v) is 1.55. The van der Waals surface area contributed by atoms with Gasteiger partial charge < -0.3 is 10.6 Å². The zero-order chi connectivity index (χ0) is 14.4. The first kappa shape index (κ1) is 13.9. The number of hydrogen-bond acceptors (Lipinski definition) is 4. The molecule has 0 bridgehead atoms. The molecule has 0 aliphatic carbocycles. The van der Waals surface area contributed by atoms with Gasteiger partial charge in [0.1, 0.15) is 11.6 Å². The Bertz CT molecular complexity index is 586. The van der Waals surface area contributed by atoms with E-state index in [4.69, 9.17) is 0 Å². The zero-order valence-corrected chi connectivity index (χ0v) is 11.1. The number of rotatable bonds is 5. The summed E-state index contributed by atoms with van der Waals surface area (Å²) in [5.74, 6) is 0.530. The highest BCUT2D eigenvalue weighted by atomic mass is 19.1. The van der Waals surface area contributed by atoms with Crippen molar-refractivity contribution in [1.82, 2.24) is 10.2 Å². The molecular formula is C14H15FN4O. The second-order valence-electron chi connectivity index (χ2n) is 4.15. The molecule has 0 atom stereocenters. The Morgan fingerprint density at radius 1 is 1.15 bits per heavy atom. The molecule has 1 aromatic carbocycles. The van der Waals surface area contributed by atoms with Crippen molar-refractivity contribution in [2.24, 2.45) is 0 Å². The number of aromatic nitrogens is 2. The summed E-state index contributed by atoms with van der Waals surface area (Å²) in [7, 11) is 0. The van der Waals surface area contributed by atoms with E-state index < -0.39 is 0 Å². The van der Waals surface area contributed by atoms with Crippen molar-refractivity contribution < 1.29 is 9.18 Å². The van der Waals surface area contributed by atoms with Crippen molar-refractivity contribution in [3.63, 3.8) is 0 Å². The predicted octanol–water partition coefficient (Wildman–Crippen LogP) is 2.58. The summed E-state index contributed by atoms with van der Waals surface area (Å²) in [5, 5.41) is 13.3. The van der Waals surface area contributed by atoms with Crippen LogP contribution in [-0.2, 0) is 11.3 Å². The minimum atomic E-state index is -0.264. The minimum Gasteiger partial charge on any atom is -0.364 e. The molecular weight excluding hydrogens is 259 g/mol. The van der Waals surface area contributed by atoms with Gasteiger partial charge in [0.05, 0.1) is 0 Å². The predicted molar refractivity (Wildman–Crippen MR) is 74.7 cm³/mol. The molecule has 2 aromatic rings. The number of anilines is 2. The van der Waals surface area contributed by atoms with Gasteiger partial charge in [-0.05, 0) is 18.2 Å². The molecule has 1 heterocycles. The third-order valence-corrected chi connectivity index (χ3v) is 2.67. The monoisotopic (exact) mass is 274 g/mol. The largest absolute Gasteiger partial charge is 0.364 e. The van der Waals surface area contributed by atoms with E-state index >= 15 is 0 Å². The molecule has 6 heteroatoms. The molecule has 0 saturated carbocycles. The van der Waals surface area contributed by atoms with Gasteiger partial charge in [0.15, 0.2) is 5.82 Å². The van der Waals surface area contributed by atoms with Gasteiger partial charge in [-0.25, -0.2) is 4.39 Å². The van der Waals surface area contributed by atoms with Crippen molar-refractivity contribution >= 4 is 17.5 Å². The number of amides is 1. The Balaban J connectivity index is 1.94. The maximum atomic E-state index is 13.4. The summed E-state index contributed by atoms with van der Waals surface area (Å²) in [4.78, 5) is 11.2. The van der Waals surface area contributed by atoms with Crippen LogP contribution in [0.5, 0.6) is 0 Å². The Hall–Kier alpha value is -2.50. The van der Waals surface area contributed by atoms with Crippen molar-refractivity contribution in [2.75, 3.05) is 10.6 Å². The van der Waals surface area contributed by atoms with Crippen molar-refractivity contribution in [3.8, 4) is 0 Å². The number of carbonyl (C=O) groups is 1. The highest BCUT2D eigenvalue weighted by Gasteiger charge is 2.03.